The van der Waals surface area contributed by atoms with Crippen LogP contribution in [-0.2, 0) is 0 Å². The van der Waals surface area contributed by atoms with Gasteiger partial charge in [-0.2, -0.15) is 0 Å². The van der Waals surface area contributed by atoms with Crippen LogP contribution >= 0.6 is 0 Å². The van der Waals surface area contributed by atoms with E-state index in [4.69, 9.17) is 0 Å². The van der Waals surface area contributed by atoms with Crippen LogP contribution in [0.3, 0.4) is 0 Å². The second-order valence-corrected chi connectivity index (χ2v) is 4.00. The fraction of sp³-hybridized carbons (Fsp3) is 0.0714. The van der Waals surface area contributed by atoms with Crippen molar-refractivity contribution < 1.29 is 0 Å². The van der Waals surface area contributed by atoms with Crippen LogP contribution in [0.5, 0.6) is 0 Å². The van der Waals surface area contributed by atoms with Gasteiger partial charge in [0.1, 0.15) is 0 Å². The molecule has 0 fully saturated rings. The van der Waals surface area contributed by atoms with E-state index in [1.165, 1.54) is 0 Å². The molecule has 1 heterocycles. The zero-order chi connectivity index (χ0) is 11.1. The maximum absolute atomic E-state index is 12.2. The van der Waals surface area contributed by atoms with Gasteiger partial charge in [0.2, 0.25) is 0 Å². The number of aromatic nitrogens is 1. The van der Waals surface area contributed by atoms with E-state index >= 15 is 0 Å². The minimum absolute atomic E-state index is 0.105. The van der Waals surface area contributed by atoms with E-state index in [1.807, 2.05) is 49.4 Å². The lowest BCUT2D eigenvalue weighted by atomic mass is 10.1. The van der Waals surface area contributed by atoms with Crippen molar-refractivity contribution in [1.29, 1.82) is 0 Å². The zero-order valence-electron chi connectivity index (χ0n) is 8.95. The molecule has 0 saturated heterocycles. The van der Waals surface area contributed by atoms with Crippen molar-refractivity contribution in [2.45, 2.75) is 6.92 Å². The summed E-state index contributed by atoms with van der Waals surface area (Å²) in [6.45, 7) is 2.01. The van der Waals surface area contributed by atoms with Gasteiger partial charge in [0.05, 0.1) is 5.52 Å². The lowest BCUT2D eigenvalue weighted by molar-refractivity contribution is 1.41. The van der Waals surface area contributed by atoms with E-state index < -0.39 is 0 Å². The number of aryl methyl sites for hydroxylation is 1. The molecule has 0 saturated carbocycles. The molecule has 78 valence electrons. The molecule has 0 amide bonds. The Morgan fingerprint density at radius 1 is 0.938 bits per heavy atom. The average Bonchev–Trinajstić information content (AvgIpc) is 2.31. The van der Waals surface area contributed by atoms with Crippen LogP contribution in [0.4, 0.5) is 0 Å². The van der Waals surface area contributed by atoms with Crippen LogP contribution in [0.2, 0.25) is 0 Å². The van der Waals surface area contributed by atoms with E-state index in [-0.39, 0.29) is 5.43 Å². The molecular formula is C14H11NO. The number of benzene rings is 2. The van der Waals surface area contributed by atoms with Crippen molar-refractivity contribution in [3.05, 3.63) is 58.3 Å². The first-order chi connectivity index (χ1) is 7.77. The molecule has 0 aliphatic carbocycles. The van der Waals surface area contributed by atoms with Gasteiger partial charge in [0, 0.05) is 16.3 Å². The van der Waals surface area contributed by atoms with Gasteiger partial charge < -0.3 is 4.98 Å². The number of aromatic amines is 1. The molecular weight excluding hydrogens is 198 g/mol. The zero-order valence-corrected chi connectivity index (χ0v) is 8.95. The topological polar surface area (TPSA) is 32.9 Å². The van der Waals surface area contributed by atoms with Crippen molar-refractivity contribution in [3.8, 4) is 0 Å². The summed E-state index contributed by atoms with van der Waals surface area (Å²) in [5.41, 5.74) is 3.04. The molecule has 0 atom stereocenters. The third-order valence-electron chi connectivity index (χ3n) is 2.95. The van der Waals surface area contributed by atoms with Crippen LogP contribution in [-0.4, -0.2) is 4.98 Å². The van der Waals surface area contributed by atoms with Gasteiger partial charge in [-0.05, 0) is 30.7 Å². The van der Waals surface area contributed by atoms with E-state index in [9.17, 15) is 4.79 Å². The number of rotatable bonds is 0. The summed E-state index contributed by atoms with van der Waals surface area (Å²) in [5.74, 6) is 0. The second-order valence-electron chi connectivity index (χ2n) is 4.00. The first kappa shape index (κ1) is 9.16. The SMILES string of the molecule is Cc1cccc2c(=O)c3ccccc3[nH]c12. The van der Waals surface area contributed by atoms with Crippen LogP contribution in [0, 0.1) is 6.92 Å². The fourth-order valence-electron chi connectivity index (χ4n) is 2.09. The van der Waals surface area contributed by atoms with Crippen molar-refractivity contribution >= 4 is 21.8 Å². The second kappa shape index (κ2) is 3.20. The fourth-order valence-corrected chi connectivity index (χ4v) is 2.09. The summed E-state index contributed by atoms with van der Waals surface area (Å²) in [6.07, 6.45) is 0. The summed E-state index contributed by atoms with van der Waals surface area (Å²) in [7, 11) is 0. The summed E-state index contributed by atoms with van der Waals surface area (Å²) in [6, 6.07) is 13.4. The molecule has 0 radical (unpaired) electrons. The number of hydrogen-bond acceptors (Lipinski definition) is 1. The van der Waals surface area contributed by atoms with E-state index in [0.717, 1.165) is 27.4 Å². The van der Waals surface area contributed by atoms with Crippen molar-refractivity contribution in [1.82, 2.24) is 4.98 Å². The number of hydrogen-bond donors (Lipinski definition) is 1. The predicted molar refractivity (Wildman–Crippen MR) is 66.8 cm³/mol. The minimum Gasteiger partial charge on any atom is -0.354 e. The highest BCUT2D eigenvalue weighted by molar-refractivity contribution is 5.93. The van der Waals surface area contributed by atoms with Gasteiger partial charge in [0.15, 0.2) is 5.43 Å². The van der Waals surface area contributed by atoms with Crippen LogP contribution in [0.25, 0.3) is 21.8 Å². The Hall–Kier alpha value is -2.09. The molecule has 0 bridgehead atoms. The van der Waals surface area contributed by atoms with Gasteiger partial charge in [-0.3, -0.25) is 4.79 Å². The molecule has 3 aromatic rings. The Kier molecular flexibility index (Phi) is 1.83. The van der Waals surface area contributed by atoms with Crippen molar-refractivity contribution in [2.24, 2.45) is 0 Å². The van der Waals surface area contributed by atoms with Crippen molar-refractivity contribution in [2.75, 3.05) is 0 Å². The highest BCUT2D eigenvalue weighted by Crippen LogP contribution is 2.16. The molecule has 2 heteroatoms. The highest BCUT2D eigenvalue weighted by atomic mass is 16.1. The standard InChI is InChI=1S/C14H11NO/c1-9-5-4-7-11-13(9)15-12-8-3-2-6-10(12)14(11)16/h2-8H,1H3,(H,15,16). The maximum atomic E-state index is 12.2. The monoisotopic (exact) mass is 209 g/mol. The number of H-pyrrole nitrogens is 1. The van der Waals surface area contributed by atoms with Crippen molar-refractivity contribution in [3.63, 3.8) is 0 Å². The Morgan fingerprint density at radius 3 is 2.56 bits per heavy atom. The summed E-state index contributed by atoms with van der Waals surface area (Å²) in [5, 5.41) is 1.51. The molecule has 2 nitrogen and oxygen atoms in total. The Morgan fingerprint density at radius 2 is 1.69 bits per heavy atom. The minimum atomic E-state index is 0.105. The smallest absolute Gasteiger partial charge is 0.197 e. The van der Waals surface area contributed by atoms with Gasteiger partial charge in [-0.25, -0.2) is 0 Å². The van der Waals surface area contributed by atoms with E-state index in [0.29, 0.717) is 0 Å². The number of nitrogens with one attached hydrogen (secondary N) is 1. The summed E-state index contributed by atoms with van der Waals surface area (Å²) >= 11 is 0. The molecule has 0 aliphatic heterocycles. The van der Waals surface area contributed by atoms with Crippen LogP contribution < -0.4 is 5.43 Å². The van der Waals surface area contributed by atoms with Gasteiger partial charge in [-0.1, -0.05) is 24.3 Å². The molecule has 0 unspecified atom stereocenters. The van der Waals surface area contributed by atoms with Gasteiger partial charge >= 0.3 is 0 Å². The maximum Gasteiger partial charge on any atom is 0.197 e. The average molecular weight is 209 g/mol. The Labute approximate surface area is 92.5 Å². The largest absolute Gasteiger partial charge is 0.354 e. The quantitative estimate of drug-likeness (QED) is 0.567. The highest BCUT2D eigenvalue weighted by Gasteiger charge is 2.05. The normalized spacial score (nSPS) is 11.1. The molecule has 16 heavy (non-hydrogen) atoms. The third-order valence-corrected chi connectivity index (χ3v) is 2.95. The lowest BCUT2D eigenvalue weighted by Crippen LogP contribution is -2.04. The first-order valence-electron chi connectivity index (χ1n) is 5.28. The Balaban J connectivity index is 2.67. The van der Waals surface area contributed by atoms with Crippen LogP contribution in [0.15, 0.2) is 47.3 Å². The molecule has 2 aromatic carbocycles. The molecule has 0 spiro atoms. The lowest BCUT2D eigenvalue weighted by Gasteiger charge is -2.04. The molecule has 1 aromatic heterocycles. The number of pyridine rings is 1. The molecule has 3 rings (SSSR count). The number of para-hydroxylation sites is 2. The van der Waals surface area contributed by atoms with E-state index in [1.54, 1.807) is 0 Å². The Bertz CT molecular complexity index is 740. The third kappa shape index (κ3) is 1.16. The number of fused-ring (bicyclic) bond motifs is 2. The molecule has 1 N–H and O–H groups in total. The van der Waals surface area contributed by atoms with Gasteiger partial charge in [-0.15, -0.1) is 0 Å². The van der Waals surface area contributed by atoms with Gasteiger partial charge in [0.25, 0.3) is 0 Å². The van der Waals surface area contributed by atoms with Crippen LogP contribution in [0.1, 0.15) is 5.56 Å². The molecule has 0 aliphatic rings. The predicted octanol–water partition coefficient (Wildman–Crippen LogP) is 2.99. The summed E-state index contributed by atoms with van der Waals surface area (Å²) < 4.78 is 0. The summed E-state index contributed by atoms with van der Waals surface area (Å²) in [4.78, 5) is 15.5. The van der Waals surface area contributed by atoms with E-state index in [2.05, 4.69) is 4.98 Å². The first-order valence-corrected chi connectivity index (χ1v) is 5.28.